The van der Waals surface area contributed by atoms with Gasteiger partial charge in [-0.2, -0.15) is 0 Å². The highest BCUT2D eigenvalue weighted by Crippen LogP contribution is 2.28. The Balaban J connectivity index is 1.60. The number of H-pyrrole nitrogens is 1. The predicted octanol–water partition coefficient (Wildman–Crippen LogP) is 2.80. The van der Waals surface area contributed by atoms with E-state index in [2.05, 4.69) is 9.71 Å². The number of imidazole rings is 1. The topological polar surface area (TPSA) is 95.2 Å². The Morgan fingerprint density at radius 3 is 2.79 bits per heavy atom. The molecule has 29 heavy (non-hydrogen) atoms. The lowest BCUT2D eigenvalue weighted by atomic mass is 9.96. The van der Waals surface area contributed by atoms with E-state index < -0.39 is 10.0 Å². The minimum atomic E-state index is -3.61. The number of hydrogen-bond donors (Lipinski definition) is 2. The monoisotopic (exact) mass is 412 g/mol. The molecule has 2 N–H and O–H groups in total. The minimum absolute atomic E-state index is 0.0970. The minimum Gasteiger partial charge on any atom is -0.342 e. The first kappa shape index (κ1) is 19.6. The van der Waals surface area contributed by atoms with E-state index in [4.69, 9.17) is 4.98 Å². The maximum atomic E-state index is 13.2. The Hall–Kier alpha value is -2.71. The van der Waals surface area contributed by atoms with Crippen LogP contribution in [0.2, 0.25) is 0 Å². The van der Waals surface area contributed by atoms with Crippen molar-refractivity contribution in [3.8, 4) is 0 Å². The molecular weight excluding hydrogens is 388 g/mol. The lowest BCUT2D eigenvalue weighted by Crippen LogP contribution is -2.39. The summed E-state index contributed by atoms with van der Waals surface area (Å²) in [5.41, 5.74) is 3.10. The van der Waals surface area contributed by atoms with Crippen molar-refractivity contribution in [2.45, 2.75) is 30.6 Å². The highest BCUT2D eigenvalue weighted by Gasteiger charge is 2.28. The number of amides is 1. The van der Waals surface area contributed by atoms with Crippen LogP contribution in [0.25, 0.3) is 11.0 Å². The van der Waals surface area contributed by atoms with Gasteiger partial charge >= 0.3 is 0 Å². The predicted molar refractivity (Wildman–Crippen MR) is 111 cm³/mol. The first-order chi connectivity index (χ1) is 13.9. The van der Waals surface area contributed by atoms with Crippen LogP contribution in [-0.2, 0) is 10.0 Å². The summed E-state index contributed by atoms with van der Waals surface area (Å²) in [7, 11) is -2.25. The molecule has 3 aromatic rings. The van der Waals surface area contributed by atoms with Crippen LogP contribution in [-0.4, -0.2) is 49.3 Å². The number of aryl methyl sites for hydroxylation is 1. The summed E-state index contributed by atoms with van der Waals surface area (Å²) in [5.74, 6) is 0.882. The summed E-state index contributed by atoms with van der Waals surface area (Å²) in [6, 6.07) is 12.6. The molecule has 7 nitrogen and oxygen atoms in total. The Bertz CT molecular complexity index is 1140. The molecule has 0 aliphatic carbocycles. The van der Waals surface area contributed by atoms with E-state index in [9.17, 15) is 13.2 Å². The number of nitrogens with zero attached hydrogens (tertiary/aromatic N) is 2. The van der Waals surface area contributed by atoms with E-state index in [1.165, 1.54) is 19.2 Å². The van der Waals surface area contributed by atoms with E-state index in [1.54, 1.807) is 11.0 Å². The van der Waals surface area contributed by atoms with Gasteiger partial charge in [-0.05, 0) is 56.6 Å². The number of sulfonamides is 1. The second-order valence-corrected chi connectivity index (χ2v) is 9.30. The van der Waals surface area contributed by atoms with Crippen molar-refractivity contribution in [3.63, 3.8) is 0 Å². The zero-order valence-electron chi connectivity index (χ0n) is 16.5. The number of aromatic nitrogens is 2. The number of rotatable bonds is 4. The smallest absolute Gasteiger partial charge is 0.254 e. The fraction of sp³-hybridized carbons (Fsp3) is 0.333. The summed E-state index contributed by atoms with van der Waals surface area (Å²) < 4.78 is 26.6. The fourth-order valence-electron chi connectivity index (χ4n) is 3.84. The molecule has 0 unspecified atom stereocenters. The molecule has 0 spiro atoms. The van der Waals surface area contributed by atoms with Gasteiger partial charge in [-0.25, -0.2) is 18.1 Å². The second kappa shape index (κ2) is 7.61. The maximum Gasteiger partial charge on any atom is 0.254 e. The van der Waals surface area contributed by atoms with Crippen molar-refractivity contribution in [2.24, 2.45) is 0 Å². The largest absolute Gasteiger partial charge is 0.342 e. The number of fused-ring (bicyclic) bond motifs is 1. The van der Waals surface area contributed by atoms with Crippen LogP contribution >= 0.6 is 0 Å². The number of nitrogens with one attached hydrogen (secondary N) is 2. The summed E-state index contributed by atoms with van der Waals surface area (Å²) >= 11 is 0. The Labute approximate surface area is 170 Å². The second-order valence-electron chi connectivity index (χ2n) is 7.41. The molecule has 1 amide bonds. The molecule has 4 rings (SSSR count). The van der Waals surface area contributed by atoms with Crippen LogP contribution in [0.3, 0.4) is 0 Å². The number of likely N-dealkylation sites (tertiary alicyclic amines) is 1. The molecule has 1 fully saturated rings. The first-order valence-corrected chi connectivity index (χ1v) is 11.2. The highest BCUT2D eigenvalue weighted by molar-refractivity contribution is 7.89. The van der Waals surface area contributed by atoms with Crippen molar-refractivity contribution in [1.82, 2.24) is 19.6 Å². The average molecular weight is 413 g/mol. The zero-order valence-corrected chi connectivity index (χ0v) is 17.3. The van der Waals surface area contributed by atoms with Crippen molar-refractivity contribution in [2.75, 3.05) is 20.1 Å². The number of piperidine rings is 1. The van der Waals surface area contributed by atoms with E-state index in [0.29, 0.717) is 18.7 Å². The van der Waals surface area contributed by atoms with E-state index >= 15 is 0 Å². The van der Waals surface area contributed by atoms with Crippen LogP contribution in [0.1, 0.15) is 40.5 Å². The van der Waals surface area contributed by atoms with Gasteiger partial charge in [0.15, 0.2) is 0 Å². The third-order valence-corrected chi connectivity index (χ3v) is 6.93. The van der Waals surface area contributed by atoms with Crippen molar-refractivity contribution in [3.05, 3.63) is 59.4 Å². The third-order valence-electron chi connectivity index (χ3n) is 5.52. The molecule has 2 heterocycles. The molecule has 2 aromatic carbocycles. The molecular formula is C21H24N4O3S. The summed E-state index contributed by atoms with van der Waals surface area (Å²) in [4.78, 5) is 23.2. The van der Waals surface area contributed by atoms with Gasteiger partial charge in [0, 0.05) is 24.6 Å². The molecule has 152 valence electrons. The van der Waals surface area contributed by atoms with E-state index in [0.717, 1.165) is 35.3 Å². The molecule has 1 aliphatic rings. The number of para-hydroxylation sites is 2. The van der Waals surface area contributed by atoms with Gasteiger partial charge < -0.3 is 9.88 Å². The third kappa shape index (κ3) is 3.77. The highest BCUT2D eigenvalue weighted by atomic mass is 32.2. The number of carbonyl (C=O) groups is 1. The van der Waals surface area contributed by atoms with E-state index in [-0.39, 0.29) is 16.7 Å². The van der Waals surface area contributed by atoms with Gasteiger partial charge in [-0.15, -0.1) is 0 Å². The van der Waals surface area contributed by atoms with Crippen molar-refractivity contribution in [1.29, 1.82) is 0 Å². The standard InChI is InChI=1S/C21H24N4O3S/c1-14-9-10-16(29(27,28)22-2)12-17(14)21(26)25-11-5-6-15(13-25)20-23-18-7-3-4-8-19(18)24-20/h3-4,7-10,12,15,22H,5-6,11,13H2,1-2H3,(H,23,24)/t15-/m0/s1. The lowest BCUT2D eigenvalue weighted by Gasteiger charge is -2.32. The van der Waals surface area contributed by atoms with E-state index in [1.807, 2.05) is 31.2 Å². The Morgan fingerprint density at radius 2 is 2.03 bits per heavy atom. The van der Waals surface area contributed by atoms with Gasteiger partial charge in [0.25, 0.3) is 5.91 Å². The SMILES string of the molecule is CNS(=O)(=O)c1ccc(C)c(C(=O)N2CCC[C@H](c3nc4ccccc4[nH]3)C2)c1. The quantitative estimate of drug-likeness (QED) is 0.689. The molecule has 8 heteroatoms. The normalized spacial score (nSPS) is 17.6. The number of benzene rings is 2. The first-order valence-electron chi connectivity index (χ1n) is 9.67. The van der Waals surface area contributed by atoms with Crippen LogP contribution < -0.4 is 4.72 Å². The zero-order chi connectivity index (χ0) is 20.6. The molecule has 1 aromatic heterocycles. The average Bonchev–Trinajstić information content (AvgIpc) is 3.18. The van der Waals surface area contributed by atoms with Crippen molar-refractivity contribution >= 4 is 27.0 Å². The number of aromatic amines is 1. The number of hydrogen-bond acceptors (Lipinski definition) is 4. The molecule has 0 radical (unpaired) electrons. The summed E-state index contributed by atoms with van der Waals surface area (Å²) in [6.07, 6.45) is 1.83. The Kier molecular flexibility index (Phi) is 5.14. The molecule has 0 bridgehead atoms. The van der Waals surface area contributed by atoms with Gasteiger partial charge in [0.05, 0.1) is 15.9 Å². The molecule has 1 atom stereocenters. The van der Waals surface area contributed by atoms with Gasteiger partial charge in [-0.3, -0.25) is 4.79 Å². The fourth-order valence-corrected chi connectivity index (χ4v) is 4.59. The summed E-state index contributed by atoms with van der Waals surface area (Å²) in [6.45, 7) is 3.03. The molecule has 1 aliphatic heterocycles. The van der Waals surface area contributed by atoms with Gasteiger partial charge in [0.1, 0.15) is 5.82 Å². The van der Waals surface area contributed by atoms with Gasteiger partial charge in [-0.1, -0.05) is 18.2 Å². The van der Waals surface area contributed by atoms with Gasteiger partial charge in [0.2, 0.25) is 10.0 Å². The number of carbonyl (C=O) groups excluding carboxylic acids is 1. The van der Waals surface area contributed by atoms with Crippen LogP contribution in [0, 0.1) is 6.92 Å². The molecule has 0 saturated carbocycles. The van der Waals surface area contributed by atoms with Crippen molar-refractivity contribution < 1.29 is 13.2 Å². The Morgan fingerprint density at radius 1 is 1.24 bits per heavy atom. The van der Waals surface area contributed by atoms with Crippen LogP contribution in [0.5, 0.6) is 0 Å². The molecule has 1 saturated heterocycles. The lowest BCUT2D eigenvalue weighted by molar-refractivity contribution is 0.0704. The summed E-state index contributed by atoms with van der Waals surface area (Å²) in [5, 5.41) is 0. The maximum absolute atomic E-state index is 13.2. The van der Waals surface area contributed by atoms with Crippen LogP contribution in [0.15, 0.2) is 47.4 Å². The van der Waals surface area contributed by atoms with Crippen LogP contribution in [0.4, 0.5) is 0 Å².